The maximum absolute atomic E-state index is 11.4. The number of methoxy groups -OCH3 is 1. The minimum Gasteiger partial charge on any atom is -0.466 e. The molecule has 0 fully saturated rings. The highest BCUT2D eigenvalue weighted by Crippen LogP contribution is 2.40. The van der Waals surface area contributed by atoms with Crippen LogP contribution in [0.15, 0.2) is 23.8 Å². The van der Waals surface area contributed by atoms with E-state index in [4.69, 9.17) is 4.74 Å². The van der Waals surface area contributed by atoms with Crippen molar-refractivity contribution < 1.29 is 9.53 Å². The fourth-order valence-corrected chi connectivity index (χ4v) is 2.22. The molecule has 2 heteroatoms. The summed E-state index contributed by atoms with van der Waals surface area (Å²) in [4.78, 5) is 11.4. The zero-order valence-corrected chi connectivity index (χ0v) is 7.99. The van der Waals surface area contributed by atoms with Crippen LogP contribution in [0.25, 0.3) is 0 Å². The number of esters is 1. The molecular weight excluding hydrogens is 164 g/mol. The highest BCUT2D eigenvalue weighted by Gasteiger charge is 2.33. The Morgan fingerprint density at radius 1 is 1.54 bits per heavy atom. The van der Waals surface area contributed by atoms with Crippen molar-refractivity contribution in [3.8, 4) is 0 Å². The van der Waals surface area contributed by atoms with E-state index in [1.54, 1.807) is 0 Å². The molecule has 0 unspecified atom stereocenters. The third-order valence-electron chi connectivity index (χ3n) is 3.06. The van der Waals surface area contributed by atoms with Gasteiger partial charge in [0.1, 0.15) is 0 Å². The van der Waals surface area contributed by atoms with E-state index in [1.165, 1.54) is 7.11 Å². The fourth-order valence-electron chi connectivity index (χ4n) is 2.22. The smallest absolute Gasteiger partial charge is 0.334 e. The molecule has 0 amide bonds. The molecule has 2 aliphatic carbocycles. The summed E-state index contributed by atoms with van der Waals surface area (Å²) in [6.07, 6.45) is 7.51. The topological polar surface area (TPSA) is 26.3 Å². The van der Waals surface area contributed by atoms with Gasteiger partial charge in [-0.15, -0.1) is 0 Å². The number of rotatable bonds is 1. The summed E-state index contributed by atoms with van der Waals surface area (Å²) in [6.45, 7) is 2.15. The monoisotopic (exact) mass is 178 g/mol. The lowest BCUT2D eigenvalue weighted by Gasteiger charge is -2.24. The van der Waals surface area contributed by atoms with Crippen molar-refractivity contribution in [2.75, 3.05) is 7.11 Å². The maximum Gasteiger partial charge on any atom is 0.334 e. The molecule has 0 saturated carbocycles. The standard InChI is InChI=1S/C11H14O2/c1-7-5-10(11(12)13-2)9-4-3-8(7)6-9/h3-5,7-9H,6H2,1-2H3/t7-,8+,9-/m1/s1. The quantitative estimate of drug-likeness (QED) is 0.453. The summed E-state index contributed by atoms with van der Waals surface area (Å²) in [5.74, 6) is 1.26. The number of fused-ring (bicyclic) bond motifs is 2. The van der Waals surface area contributed by atoms with Crippen LogP contribution in [0.5, 0.6) is 0 Å². The van der Waals surface area contributed by atoms with E-state index in [1.807, 2.05) is 0 Å². The van der Waals surface area contributed by atoms with Crippen molar-refractivity contribution in [3.63, 3.8) is 0 Å². The number of ether oxygens (including phenoxy) is 1. The average Bonchev–Trinajstić information content (AvgIpc) is 2.56. The third-order valence-corrected chi connectivity index (χ3v) is 3.06. The summed E-state index contributed by atoms with van der Waals surface area (Å²) in [7, 11) is 1.44. The molecular formula is C11H14O2. The zero-order chi connectivity index (χ0) is 9.42. The molecule has 70 valence electrons. The van der Waals surface area contributed by atoms with Crippen LogP contribution in [0.2, 0.25) is 0 Å². The minimum atomic E-state index is -0.165. The van der Waals surface area contributed by atoms with Gasteiger partial charge in [0.25, 0.3) is 0 Å². The number of carbonyl (C=O) groups excluding carboxylic acids is 1. The van der Waals surface area contributed by atoms with Crippen LogP contribution in [0, 0.1) is 17.8 Å². The van der Waals surface area contributed by atoms with Gasteiger partial charge in [0.2, 0.25) is 0 Å². The number of hydrogen-bond donors (Lipinski definition) is 0. The molecule has 13 heavy (non-hydrogen) atoms. The van der Waals surface area contributed by atoms with Gasteiger partial charge in [0, 0.05) is 11.5 Å². The summed E-state index contributed by atoms with van der Waals surface area (Å²) in [5, 5.41) is 0. The molecule has 0 aliphatic heterocycles. The van der Waals surface area contributed by atoms with E-state index in [0.717, 1.165) is 12.0 Å². The number of allylic oxidation sites excluding steroid dienone is 3. The van der Waals surface area contributed by atoms with E-state index >= 15 is 0 Å². The molecule has 0 radical (unpaired) electrons. The second kappa shape index (κ2) is 3.02. The van der Waals surface area contributed by atoms with Gasteiger partial charge < -0.3 is 4.74 Å². The Hall–Kier alpha value is -1.05. The predicted octanol–water partition coefficient (Wildman–Crippen LogP) is 1.93. The minimum absolute atomic E-state index is 0.165. The summed E-state index contributed by atoms with van der Waals surface area (Å²) < 4.78 is 4.75. The average molecular weight is 178 g/mol. The maximum atomic E-state index is 11.4. The lowest BCUT2D eigenvalue weighted by Crippen LogP contribution is -2.20. The molecule has 0 heterocycles. The lowest BCUT2D eigenvalue weighted by molar-refractivity contribution is -0.136. The molecule has 0 N–H and O–H groups in total. The van der Waals surface area contributed by atoms with Gasteiger partial charge >= 0.3 is 5.97 Å². The van der Waals surface area contributed by atoms with E-state index in [0.29, 0.717) is 17.8 Å². The molecule has 2 rings (SSSR count). The summed E-state index contributed by atoms with van der Waals surface area (Å²) in [5.41, 5.74) is 0.847. The SMILES string of the molecule is COC(=O)C1=C[C@@H](C)[C@H]2C=C[C@@H]1C2. The van der Waals surface area contributed by atoms with Gasteiger partial charge in [-0.05, 0) is 18.3 Å². The van der Waals surface area contributed by atoms with Gasteiger partial charge in [-0.3, -0.25) is 0 Å². The first-order valence-corrected chi connectivity index (χ1v) is 4.70. The Morgan fingerprint density at radius 3 is 3.00 bits per heavy atom. The van der Waals surface area contributed by atoms with Crippen molar-refractivity contribution in [2.45, 2.75) is 13.3 Å². The first-order valence-electron chi connectivity index (χ1n) is 4.70. The molecule has 2 bridgehead atoms. The summed E-state index contributed by atoms with van der Waals surface area (Å²) in [6, 6.07) is 0. The van der Waals surface area contributed by atoms with Crippen molar-refractivity contribution in [1.82, 2.24) is 0 Å². The normalized spacial score (nSPS) is 35.8. The van der Waals surface area contributed by atoms with Crippen molar-refractivity contribution >= 4 is 5.97 Å². The van der Waals surface area contributed by atoms with Crippen LogP contribution in [-0.2, 0) is 9.53 Å². The Balaban J connectivity index is 2.28. The second-order valence-electron chi connectivity index (χ2n) is 3.86. The van der Waals surface area contributed by atoms with Crippen LogP contribution in [-0.4, -0.2) is 13.1 Å². The molecule has 2 aliphatic rings. The lowest BCUT2D eigenvalue weighted by atomic mass is 9.81. The molecule has 0 spiro atoms. The van der Waals surface area contributed by atoms with Crippen molar-refractivity contribution in [1.29, 1.82) is 0 Å². The van der Waals surface area contributed by atoms with Gasteiger partial charge in [-0.2, -0.15) is 0 Å². The van der Waals surface area contributed by atoms with E-state index < -0.39 is 0 Å². The largest absolute Gasteiger partial charge is 0.466 e. The highest BCUT2D eigenvalue weighted by molar-refractivity contribution is 5.89. The highest BCUT2D eigenvalue weighted by atomic mass is 16.5. The predicted molar refractivity (Wildman–Crippen MR) is 50.0 cm³/mol. The Labute approximate surface area is 78.3 Å². The first-order chi connectivity index (χ1) is 6.22. The van der Waals surface area contributed by atoms with E-state index in [2.05, 4.69) is 25.2 Å². The molecule has 0 saturated heterocycles. The third kappa shape index (κ3) is 1.30. The molecule has 0 aromatic heterocycles. The molecule has 0 aromatic rings. The van der Waals surface area contributed by atoms with Crippen LogP contribution in [0.4, 0.5) is 0 Å². The van der Waals surface area contributed by atoms with Gasteiger partial charge in [0.05, 0.1) is 7.11 Å². The number of carbonyl (C=O) groups is 1. The molecule has 0 aromatic carbocycles. The van der Waals surface area contributed by atoms with Crippen LogP contribution in [0.1, 0.15) is 13.3 Å². The zero-order valence-electron chi connectivity index (χ0n) is 7.99. The van der Waals surface area contributed by atoms with Crippen LogP contribution in [0.3, 0.4) is 0 Å². The Morgan fingerprint density at radius 2 is 2.31 bits per heavy atom. The van der Waals surface area contributed by atoms with Gasteiger partial charge in [-0.25, -0.2) is 4.79 Å². The first kappa shape index (κ1) is 8.54. The number of hydrogen-bond acceptors (Lipinski definition) is 2. The van der Waals surface area contributed by atoms with Gasteiger partial charge in [0.15, 0.2) is 0 Å². The van der Waals surface area contributed by atoms with Crippen molar-refractivity contribution in [2.24, 2.45) is 17.8 Å². The van der Waals surface area contributed by atoms with Crippen LogP contribution < -0.4 is 0 Å². The van der Waals surface area contributed by atoms with Gasteiger partial charge in [-0.1, -0.05) is 25.2 Å². The van der Waals surface area contributed by atoms with Crippen LogP contribution >= 0.6 is 0 Å². The summed E-state index contributed by atoms with van der Waals surface area (Å²) >= 11 is 0. The van der Waals surface area contributed by atoms with Crippen molar-refractivity contribution in [3.05, 3.63) is 23.8 Å². The fraction of sp³-hybridized carbons (Fsp3) is 0.545. The Bertz CT molecular complexity index is 288. The van der Waals surface area contributed by atoms with E-state index in [-0.39, 0.29) is 5.97 Å². The molecule has 3 atom stereocenters. The Kier molecular flexibility index (Phi) is 1.98. The molecule has 2 nitrogen and oxygen atoms in total. The van der Waals surface area contributed by atoms with E-state index in [9.17, 15) is 4.79 Å². The second-order valence-corrected chi connectivity index (χ2v) is 3.86.